The first-order valence-corrected chi connectivity index (χ1v) is 5.84. The molecule has 0 bridgehead atoms. The highest BCUT2D eigenvalue weighted by molar-refractivity contribution is 5.86. The summed E-state index contributed by atoms with van der Waals surface area (Å²) >= 11 is 0. The molecule has 2 fully saturated rings. The van der Waals surface area contributed by atoms with Crippen LogP contribution in [0.1, 0.15) is 6.92 Å². The highest BCUT2D eigenvalue weighted by atomic mass is 16.9. The van der Waals surface area contributed by atoms with Crippen LogP contribution >= 0.6 is 0 Å². The van der Waals surface area contributed by atoms with Gasteiger partial charge in [-0.25, -0.2) is 9.59 Å². The van der Waals surface area contributed by atoms with Gasteiger partial charge in [0.1, 0.15) is 6.10 Å². The van der Waals surface area contributed by atoms with E-state index in [2.05, 4.69) is 14.2 Å². The van der Waals surface area contributed by atoms with Gasteiger partial charge >= 0.3 is 23.7 Å². The van der Waals surface area contributed by atoms with E-state index in [1.54, 1.807) is 0 Å². The fourth-order valence-electron chi connectivity index (χ4n) is 1.97. The number of rotatable bonds is 0. The summed E-state index contributed by atoms with van der Waals surface area (Å²) < 4.78 is 13.3. The van der Waals surface area contributed by atoms with Gasteiger partial charge in [0.05, 0.1) is 6.10 Å². The lowest BCUT2D eigenvalue weighted by atomic mass is 9.94. The fraction of sp³-hybridized carbons (Fsp3) is 0.800. The van der Waals surface area contributed by atoms with E-state index < -0.39 is 54.2 Å². The lowest BCUT2D eigenvalue weighted by Gasteiger charge is -2.50. The number of carbonyl (C=O) groups is 2. The maximum atomic E-state index is 11.5. The number of aliphatic hydroxyl groups is 6. The zero-order valence-corrected chi connectivity index (χ0v) is 10.6. The maximum Gasteiger partial charge on any atom is 0.399 e. The van der Waals surface area contributed by atoms with E-state index in [-0.39, 0.29) is 0 Å². The van der Waals surface area contributed by atoms with Gasteiger partial charge in [-0.1, -0.05) is 0 Å². The Labute approximate surface area is 116 Å². The normalized spacial score (nSPS) is 51.3. The summed E-state index contributed by atoms with van der Waals surface area (Å²) in [4.78, 5) is 23.0. The SMILES string of the molecule is C[C@H]1O[C@]2(O)OC(=O)C(O)C(O)C(=O)O[C@]2(O)[C@@H](O)[C@H]1O. The maximum absolute atomic E-state index is 11.5. The minimum absolute atomic E-state index is 1.16. The molecule has 2 saturated heterocycles. The zero-order chi connectivity index (χ0) is 16.2. The number of carbonyl (C=O) groups excluding carboxylic acids is 2. The smallest absolute Gasteiger partial charge is 0.399 e. The summed E-state index contributed by atoms with van der Waals surface area (Å²) in [6, 6.07) is 0. The van der Waals surface area contributed by atoms with Crippen molar-refractivity contribution in [1.29, 1.82) is 0 Å². The number of aliphatic hydroxyl groups excluding tert-OH is 4. The van der Waals surface area contributed by atoms with Crippen molar-refractivity contribution < 1.29 is 54.4 Å². The van der Waals surface area contributed by atoms with Gasteiger partial charge in [0, 0.05) is 0 Å². The van der Waals surface area contributed by atoms with E-state index in [4.69, 9.17) is 0 Å². The van der Waals surface area contributed by atoms with Crippen molar-refractivity contribution in [2.24, 2.45) is 0 Å². The van der Waals surface area contributed by atoms with Crippen molar-refractivity contribution in [1.82, 2.24) is 0 Å². The van der Waals surface area contributed by atoms with Gasteiger partial charge < -0.3 is 44.8 Å². The predicted molar refractivity (Wildman–Crippen MR) is 56.7 cm³/mol. The van der Waals surface area contributed by atoms with Gasteiger partial charge in [-0.2, -0.15) is 0 Å². The van der Waals surface area contributed by atoms with Crippen LogP contribution in [0.3, 0.4) is 0 Å². The van der Waals surface area contributed by atoms with E-state index in [1.165, 1.54) is 0 Å². The minimum Gasteiger partial charge on any atom is -0.418 e. The summed E-state index contributed by atoms with van der Waals surface area (Å²) in [6.07, 6.45) is -10.3. The van der Waals surface area contributed by atoms with E-state index in [0.29, 0.717) is 0 Å². The van der Waals surface area contributed by atoms with Crippen molar-refractivity contribution in [2.75, 3.05) is 0 Å². The van der Waals surface area contributed by atoms with Gasteiger partial charge in [0.15, 0.2) is 18.3 Å². The second kappa shape index (κ2) is 4.84. The minimum atomic E-state index is -3.41. The first kappa shape index (κ1) is 16.0. The molecule has 0 amide bonds. The standard InChI is InChI=1S/C10H14O11/c1-2-3(11)6(14)9(17)10(18,19-2)21-8(16)5(13)4(12)7(15)20-9/h2-6,11-14,17-18H,1H3/t2-,3+,4?,5?,6+,9-,10+/m1/s1. The largest absolute Gasteiger partial charge is 0.418 e. The molecule has 0 radical (unpaired) electrons. The van der Waals surface area contributed by atoms with Crippen LogP contribution in [0.2, 0.25) is 0 Å². The van der Waals surface area contributed by atoms with E-state index in [0.717, 1.165) is 6.92 Å². The van der Waals surface area contributed by atoms with Crippen LogP contribution in [0, 0.1) is 0 Å². The van der Waals surface area contributed by atoms with Gasteiger partial charge in [-0.05, 0) is 6.92 Å². The van der Waals surface area contributed by atoms with Crippen LogP contribution in [0.5, 0.6) is 0 Å². The van der Waals surface area contributed by atoms with Gasteiger partial charge in [0.25, 0.3) is 0 Å². The molecule has 0 aromatic heterocycles. The summed E-state index contributed by atoms with van der Waals surface area (Å²) in [6.45, 7) is 1.16. The molecule has 0 aromatic rings. The van der Waals surface area contributed by atoms with Crippen molar-refractivity contribution in [3.8, 4) is 0 Å². The lowest BCUT2D eigenvalue weighted by molar-refractivity contribution is -0.512. The van der Waals surface area contributed by atoms with Crippen molar-refractivity contribution in [3.05, 3.63) is 0 Å². The second-order valence-corrected chi connectivity index (χ2v) is 4.77. The Bertz CT molecular complexity index is 466. The van der Waals surface area contributed by atoms with Crippen molar-refractivity contribution in [3.63, 3.8) is 0 Å². The molecule has 2 aliphatic heterocycles. The molecule has 0 aliphatic carbocycles. The quantitative estimate of drug-likeness (QED) is 0.236. The molecule has 21 heavy (non-hydrogen) atoms. The molecule has 2 unspecified atom stereocenters. The first-order chi connectivity index (χ1) is 9.53. The molecule has 0 aromatic carbocycles. The number of hydrogen-bond acceptors (Lipinski definition) is 11. The number of fused-ring (bicyclic) bond motifs is 1. The van der Waals surface area contributed by atoms with E-state index in [1.807, 2.05) is 0 Å². The summed E-state index contributed by atoms with van der Waals surface area (Å²) in [5.41, 5.74) is 0. The Morgan fingerprint density at radius 3 is 1.95 bits per heavy atom. The Morgan fingerprint density at radius 1 is 0.952 bits per heavy atom. The Balaban J connectivity index is 2.49. The third kappa shape index (κ3) is 2.19. The van der Waals surface area contributed by atoms with E-state index in [9.17, 15) is 40.2 Å². The Kier molecular flexibility index (Phi) is 3.70. The molecular formula is C10H14O11. The van der Waals surface area contributed by atoms with Crippen LogP contribution in [0.25, 0.3) is 0 Å². The zero-order valence-electron chi connectivity index (χ0n) is 10.6. The number of ether oxygens (including phenoxy) is 3. The topological polar surface area (TPSA) is 183 Å². The van der Waals surface area contributed by atoms with Gasteiger partial charge in [-0.3, -0.25) is 0 Å². The molecule has 6 N–H and O–H groups in total. The molecule has 2 rings (SSSR count). The molecule has 2 aliphatic rings. The molecule has 0 spiro atoms. The molecule has 2 heterocycles. The third-order valence-corrected chi connectivity index (χ3v) is 3.28. The monoisotopic (exact) mass is 310 g/mol. The van der Waals surface area contributed by atoms with Crippen LogP contribution in [0.15, 0.2) is 0 Å². The molecule has 11 nitrogen and oxygen atoms in total. The van der Waals surface area contributed by atoms with Crippen LogP contribution in [0.4, 0.5) is 0 Å². The Morgan fingerprint density at radius 2 is 1.43 bits per heavy atom. The van der Waals surface area contributed by atoms with Crippen LogP contribution < -0.4 is 0 Å². The molecule has 7 atom stereocenters. The lowest BCUT2D eigenvalue weighted by Crippen LogP contribution is -2.76. The molecule has 0 saturated carbocycles. The molecule has 11 heteroatoms. The molecule has 120 valence electrons. The highest BCUT2D eigenvalue weighted by Gasteiger charge is 2.71. The highest BCUT2D eigenvalue weighted by Crippen LogP contribution is 2.40. The van der Waals surface area contributed by atoms with Gasteiger partial charge in [0.2, 0.25) is 0 Å². The summed E-state index contributed by atoms with van der Waals surface area (Å²) in [7, 11) is 0. The first-order valence-electron chi connectivity index (χ1n) is 5.84. The van der Waals surface area contributed by atoms with Crippen LogP contribution in [-0.2, 0) is 23.8 Å². The van der Waals surface area contributed by atoms with Crippen molar-refractivity contribution >= 4 is 11.9 Å². The third-order valence-electron chi connectivity index (χ3n) is 3.28. The molecular weight excluding hydrogens is 296 g/mol. The van der Waals surface area contributed by atoms with Crippen molar-refractivity contribution in [2.45, 2.75) is 49.2 Å². The number of hydrogen-bond donors (Lipinski definition) is 6. The second-order valence-electron chi connectivity index (χ2n) is 4.77. The predicted octanol–water partition coefficient (Wildman–Crippen LogP) is -4.72. The fourth-order valence-corrected chi connectivity index (χ4v) is 1.97. The summed E-state index contributed by atoms with van der Waals surface area (Å²) in [5.74, 6) is -10.3. The Hall–Kier alpha value is -1.34. The van der Waals surface area contributed by atoms with Gasteiger partial charge in [-0.15, -0.1) is 0 Å². The number of esters is 2. The average molecular weight is 310 g/mol. The average Bonchev–Trinajstić information content (AvgIpc) is 2.41. The summed E-state index contributed by atoms with van der Waals surface area (Å²) in [5, 5.41) is 58.2. The van der Waals surface area contributed by atoms with E-state index >= 15 is 0 Å². The van der Waals surface area contributed by atoms with Crippen LogP contribution in [-0.4, -0.2) is 84.9 Å².